The van der Waals surface area contributed by atoms with Gasteiger partial charge in [-0.1, -0.05) is 32.1 Å². The quantitative estimate of drug-likeness (QED) is 0.465. The SMILES string of the molecule is CCCCCCNC(=O)OCC#CI. The van der Waals surface area contributed by atoms with Crippen LogP contribution in [0.25, 0.3) is 0 Å². The lowest BCUT2D eigenvalue weighted by Gasteiger charge is -2.03. The highest BCUT2D eigenvalue weighted by Crippen LogP contribution is 1.96. The van der Waals surface area contributed by atoms with E-state index in [-0.39, 0.29) is 12.7 Å². The van der Waals surface area contributed by atoms with E-state index in [4.69, 9.17) is 4.74 Å². The third-order valence-electron chi connectivity index (χ3n) is 1.64. The van der Waals surface area contributed by atoms with E-state index in [0.29, 0.717) is 6.54 Å². The second-order valence-electron chi connectivity index (χ2n) is 2.83. The van der Waals surface area contributed by atoms with Crippen molar-refractivity contribution in [3.05, 3.63) is 0 Å². The van der Waals surface area contributed by atoms with Crippen LogP contribution in [0.5, 0.6) is 0 Å². The second kappa shape index (κ2) is 10.6. The Labute approximate surface area is 99.1 Å². The Morgan fingerprint density at radius 3 is 2.86 bits per heavy atom. The van der Waals surface area contributed by atoms with Crippen molar-refractivity contribution < 1.29 is 9.53 Å². The van der Waals surface area contributed by atoms with Crippen molar-refractivity contribution in [2.45, 2.75) is 32.6 Å². The molecule has 0 fully saturated rings. The van der Waals surface area contributed by atoms with Crippen molar-refractivity contribution in [3.8, 4) is 9.85 Å². The number of ether oxygens (including phenoxy) is 1. The normalized spacial score (nSPS) is 8.71. The highest BCUT2D eigenvalue weighted by atomic mass is 127. The summed E-state index contributed by atoms with van der Waals surface area (Å²) < 4.78 is 7.38. The number of amides is 1. The van der Waals surface area contributed by atoms with Gasteiger partial charge in [0.05, 0.1) is 0 Å². The molecule has 14 heavy (non-hydrogen) atoms. The molecule has 0 radical (unpaired) electrons. The Morgan fingerprint density at radius 2 is 2.21 bits per heavy atom. The van der Waals surface area contributed by atoms with Crippen molar-refractivity contribution in [1.82, 2.24) is 5.32 Å². The first kappa shape index (κ1) is 13.6. The highest BCUT2D eigenvalue weighted by molar-refractivity contribution is 14.1. The van der Waals surface area contributed by atoms with Gasteiger partial charge >= 0.3 is 6.09 Å². The molecule has 0 saturated heterocycles. The molecule has 0 aromatic rings. The molecule has 0 unspecified atom stereocenters. The van der Waals surface area contributed by atoms with Gasteiger partial charge in [-0.3, -0.25) is 0 Å². The minimum Gasteiger partial charge on any atom is -0.436 e. The van der Waals surface area contributed by atoms with E-state index in [1.807, 2.05) is 22.6 Å². The van der Waals surface area contributed by atoms with Crippen LogP contribution >= 0.6 is 22.6 Å². The Hall–Kier alpha value is -0.440. The lowest BCUT2D eigenvalue weighted by atomic mass is 10.2. The first-order chi connectivity index (χ1) is 6.81. The number of unbranched alkanes of at least 4 members (excludes halogenated alkanes) is 3. The molecule has 0 rings (SSSR count). The minimum absolute atomic E-state index is 0.170. The maximum atomic E-state index is 10.9. The second-order valence-corrected chi connectivity index (χ2v) is 3.37. The fraction of sp³-hybridized carbons (Fsp3) is 0.700. The zero-order valence-corrected chi connectivity index (χ0v) is 10.6. The molecule has 0 aromatic heterocycles. The molecule has 0 aliphatic rings. The number of rotatable bonds is 6. The topological polar surface area (TPSA) is 38.3 Å². The predicted molar refractivity (Wildman–Crippen MR) is 65.3 cm³/mol. The standard InChI is InChI=1S/C10H16INO2/c1-2-3-4-5-8-12-10(13)14-9-6-7-11/h2-5,8-9H2,1H3,(H,12,13). The summed E-state index contributed by atoms with van der Waals surface area (Å²) in [5.74, 6) is 2.64. The molecule has 0 heterocycles. The molecule has 0 aliphatic heterocycles. The van der Waals surface area contributed by atoms with Gasteiger partial charge in [0.25, 0.3) is 0 Å². The molecule has 1 amide bonds. The summed E-state index contributed by atoms with van der Waals surface area (Å²) in [6.07, 6.45) is 4.22. The maximum absolute atomic E-state index is 10.9. The molecule has 0 bridgehead atoms. The fourth-order valence-corrected chi connectivity index (χ4v) is 1.08. The van der Waals surface area contributed by atoms with Crippen LogP contribution in [0.15, 0.2) is 0 Å². The van der Waals surface area contributed by atoms with Gasteiger partial charge in [-0.05, 0) is 10.3 Å². The van der Waals surface area contributed by atoms with Crippen LogP contribution in [0, 0.1) is 9.85 Å². The summed E-state index contributed by atoms with van der Waals surface area (Å²) in [7, 11) is 0. The number of halogens is 1. The van der Waals surface area contributed by atoms with Crippen LogP contribution in [0.4, 0.5) is 4.79 Å². The van der Waals surface area contributed by atoms with Gasteiger partial charge in [0.1, 0.15) is 0 Å². The zero-order valence-electron chi connectivity index (χ0n) is 8.44. The third-order valence-corrected chi connectivity index (χ3v) is 2.02. The van der Waals surface area contributed by atoms with Crippen LogP contribution in [-0.2, 0) is 4.74 Å². The van der Waals surface area contributed by atoms with E-state index in [1.165, 1.54) is 12.8 Å². The third kappa shape index (κ3) is 9.65. The predicted octanol–water partition coefficient (Wildman–Crippen LogP) is 2.69. The Balaban J connectivity index is 3.21. The zero-order chi connectivity index (χ0) is 10.6. The highest BCUT2D eigenvalue weighted by Gasteiger charge is 1.98. The van der Waals surface area contributed by atoms with Gasteiger partial charge in [-0.2, -0.15) is 0 Å². The lowest BCUT2D eigenvalue weighted by Crippen LogP contribution is -2.25. The molecule has 3 nitrogen and oxygen atoms in total. The fourth-order valence-electron chi connectivity index (χ4n) is 0.922. The van der Waals surface area contributed by atoms with Gasteiger partial charge in [0.2, 0.25) is 0 Å². The number of hydrogen-bond acceptors (Lipinski definition) is 2. The van der Waals surface area contributed by atoms with Crippen LogP contribution in [0.1, 0.15) is 32.6 Å². The van der Waals surface area contributed by atoms with Gasteiger partial charge < -0.3 is 10.1 Å². The Bertz CT molecular complexity index is 208. The lowest BCUT2D eigenvalue weighted by molar-refractivity contribution is 0.160. The summed E-state index contributed by atoms with van der Waals surface area (Å²) in [6.45, 7) is 3.02. The van der Waals surface area contributed by atoms with Crippen molar-refractivity contribution in [3.63, 3.8) is 0 Å². The average Bonchev–Trinajstić information content (AvgIpc) is 2.18. The summed E-state index contributed by atoms with van der Waals surface area (Å²) in [6, 6.07) is 0. The molecule has 80 valence electrons. The van der Waals surface area contributed by atoms with E-state index in [0.717, 1.165) is 12.8 Å². The van der Waals surface area contributed by atoms with Crippen LogP contribution in [-0.4, -0.2) is 19.2 Å². The molecular formula is C10H16INO2. The van der Waals surface area contributed by atoms with Gasteiger partial charge in [-0.25, -0.2) is 4.79 Å². The van der Waals surface area contributed by atoms with Crippen LogP contribution in [0.2, 0.25) is 0 Å². The number of alkyl carbamates (subject to hydrolysis) is 1. The summed E-state index contributed by atoms with van der Waals surface area (Å²) >= 11 is 1.91. The Kier molecular flexibility index (Phi) is 10.3. The number of nitrogens with one attached hydrogen (secondary N) is 1. The van der Waals surface area contributed by atoms with E-state index in [9.17, 15) is 4.79 Å². The van der Waals surface area contributed by atoms with Crippen molar-refractivity contribution in [2.24, 2.45) is 0 Å². The summed E-state index contributed by atoms with van der Waals surface area (Å²) in [5, 5.41) is 2.67. The molecule has 1 N–H and O–H groups in total. The van der Waals surface area contributed by atoms with E-state index < -0.39 is 0 Å². The molecule has 0 atom stereocenters. The molecule has 0 saturated carbocycles. The van der Waals surface area contributed by atoms with Gasteiger partial charge in [0, 0.05) is 29.1 Å². The van der Waals surface area contributed by atoms with Crippen molar-refractivity contribution in [1.29, 1.82) is 0 Å². The van der Waals surface area contributed by atoms with E-state index in [2.05, 4.69) is 22.1 Å². The summed E-state index contributed by atoms with van der Waals surface area (Å²) in [4.78, 5) is 10.9. The molecule has 0 aromatic carbocycles. The van der Waals surface area contributed by atoms with E-state index in [1.54, 1.807) is 0 Å². The summed E-state index contributed by atoms with van der Waals surface area (Å²) in [5.41, 5.74) is 0. The van der Waals surface area contributed by atoms with Gasteiger partial charge in [0.15, 0.2) is 6.61 Å². The first-order valence-electron chi connectivity index (χ1n) is 4.80. The van der Waals surface area contributed by atoms with Crippen LogP contribution in [0.3, 0.4) is 0 Å². The minimum atomic E-state index is -0.374. The van der Waals surface area contributed by atoms with Crippen LogP contribution < -0.4 is 5.32 Å². The van der Waals surface area contributed by atoms with Crippen molar-refractivity contribution in [2.75, 3.05) is 13.2 Å². The number of hydrogen-bond donors (Lipinski definition) is 1. The molecule has 4 heteroatoms. The molecule has 0 spiro atoms. The van der Waals surface area contributed by atoms with Crippen molar-refractivity contribution >= 4 is 28.7 Å². The average molecular weight is 309 g/mol. The Morgan fingerprint density at radius 1 is 1.43 bits per heavy atom. The first-order valence-corrected chi connectivity index (χ1v) is 5.88. The smallest absolute Gasteiger partial charge is 0.408 e. The molecule has 0 aliphatic carbocycles. The monoisotopic (exact) mass is 309 g/mol. The van der Waals surface area contributed by atoms with E-state index >= 15 is 0 Å². The maximum Gasteiger partial charge on any atom is 0.408 e. The molecular weight excluding hydrogens is 293 g/mol. The largest absolute Gasteiger partial charge is 0.436 e. The number of carbonyl (C=O) groups excluding carboxylic acids is 1. The number of carbonyl (C=O) groups is 1. The van der Waals surface area contributed by atoms with Gasteiger partial charge in [-0.15, -0.1) is 0 Å².